The normalized spacial score (nSPS) is 10.7. The molecule has 0 aromatic heterocycles. The van der Waals surface area contributed by atoms with Crippen molar-refractivity contribution in [1.29, 1.82) is 0 Å². The van der Waals surface area contributed by atoms with Crippen molar-refractivity contribution in [2.75, 3.05) is 13.2 Å². The maximum atomic E-state index is 10.5. The van der Waals surface area contributed by atoms with E-state index in [-0.39, 0.29) is 25.6 Å². The molecule has 0 amide bonds. The predicted octanol–water partition coefficient (Wildman–Crippen LogP) is -1.84. The summed E-state index contributed by atoms with van der Waals surface area (Å²) in [5, 5.41) is 0. The van der Waals surface area contributed by atoms with E-state index in [1.165, 1.54) is 0 Å². The van der Waals surface area contributed by atoms with Gasteiger partial charge in [0.25, 0.3) is 0 Å². The van der Waals surface area contributed by atoms with Crippen LogP contribution in [0.4, 0.5) is 0 Å². The van der Waals surface area contributed by atoms with Gasteiger partial charge in [0, 0.05) is 0 Å². The summed E-state index contributed by atoms with van der Waals surface area (Å²) in [4.78, 5) is 8.63. The minimum atomic E-state index is -3.69. The first-order valence-corrected chi connectivity index (χ1v) is 4.23. The van der Waals surface area contributed by atoms with Crippen LogP contribution in [0.15, 0.2) is 0 Å². The molecular formula is C4H11ClO4P-. The van der Waals surface area contributed by atoms with Crippen molar-refractivity contribution in [3.8, 4) is 0 Å². The number of hydrogen-bond donors (Lipinski definition) is 1. The lowest BCUT2D eigenvalue weighted by Gasteiger charge is -2.07. The highest BCUT2D eigenvalue weighted by molar-refractivity contribution is 7.47. The Morgan fingerprint density at radius 1 is 1.30 bits per heavy atom. The Morgan fingerprint density at radius 2 is 1.60 bits per heavy atom. The van der Waals surface area contributed by atoms with Gasteiger partial charge in [-0.1, -0.05) is 0 Å². The smallest absolute Gasteiger partial charge is 0.472 e. The lowest BCUT2D eigenvalue weighted by molar-refractivity contribution is -0.0000116. The van der Waals surface area contributed by atoms with E-state index >= 15 is 0 Å². The van der Waals surface area contributed by atoms with E-state index in [1.807, 2.05) is 0 Å². The monoisotopic (exact) mass is 189 g/mol. The molecule has 0 atom stereocenters. The molecule has 64 valence electrons. The minimum Gasteiger partial charge on any atom is -1.00 e. The second-order valence-electron chi connectivity index (χ2n) is 1.30. The van der Waals surface area contributed by atoms with E-state index in [0.29, 0.717) is 0 Å². The summed E-state index contributed by atoms with van der Waals surface area (Å²) in [6, 6.07) is 0. The van der Waals surface area contributed by atoms with Gasteiger partial charge in [-0.3, -0.25) is 9.05 Å². The lowest BCUT2D eigenvalue weighted by atomic mass is 10.9. The van der Waals surface area contributed by atoms with Gasteiger partial charge >= 0.3 is 7.82 Å². The molecule has 4 nitrogen and oxygen atoms in total. The summed E-state index contributed by atoms with van der Waals surface area (Å²) in [7, 11) is -3.69. The van der Waals surface area contributed by atoms with Crippen LogP contribution in [0.1, 0.15) is 13.8 Å². The quantitative estimate of drug-likeness (QED) is 0.529. The highest BCUT2D eigenvalue weighted by Gasteiger charge is 2.17. The Balaban J connectivity index is 0. The summed E-state index contributed by atoms with van der Waals surface area (Å²) in [5.41, 5.74) is 0. The van der Waals surface area contributed by atoms with Gasteiger partial charge in [-0.25, -0.2) is 4.57 Å². The van der Waals surface area contributed by atoms with Gasteiger partial charge in [0.05, 0.1) is 13.2 Å². The number of hydrogen-bond acceptors (Lipinski definition) is 3. The van der Waals surface area contributed by atoms with Crippen molar-refractivity contribution in [3.05, 3.63) is 0 Å². The molecular weight excluding hydrogens is 178 g/mol. The van der Waals surface area contributed by atoms with Gasteiger partial charge in [0.2, 0.25) is 0 Å². The first-order valence-electron chi connectivity index (χ1n) is 2.74. The van der Waals surface area contributed by atoms with Crippen LogP contribution in [0.3, 0.4) is 0 Å². The van der Waals surface area contributed by atoms with E-state index in [9.17, 15) is 4.57 Å². The Labute approximate surface area is 66.6 Å². The van der Waals surface area contributed by atoms with Crippen LogP contribution in [-0.2, 0) is 13.6 Å². The topological polar surface area (TPSA) is 55.8 Å². The molecule has 0 aromatic carbocycles. The number of phosphoric ester groups is 1. The summed E-state index contributed by atoms with van der Waals surface area (Å²) in [5.74, 6) is 0. The van der Waals surface area contributed by atoms with Crippen LogP contribution >= 0.6 is 7.82 Å². The molecule has 0 saturated carbocycles. The molecule has 0 aliphatic heterocycles. The van der Waals surface area contributed by atoms with Crippen LogP contribution in [-0.4, -0.2) is 18.1 Å². The first-order chi connectivity index (χ1) is 4.12. The minimum absolute atomic E-state index is 0. The summed E-state index contributed by atoms with van der Waals surface area (Å²) < 4.78 is 19.2. The second kappa shape index (κ2) is 6.13. The molecule has 0 aliphatic carbocycles. The first kappa shape index (κ1) is 13.0. The number of rotatable bonds is 4. The van der Waals surface area contributed by atoms with Crippen molar-refractivity contribution in [3.63, 3.8) is 0 Å². The number of phosphoric acid groups is 1. The summed E-state index contributed by atoms with van der Waals surface area (Å²) >= 11 is 0. The molecule has 0 bridgehead atoms. The van der Waals surface area contributed by atoms with Crippen molar-refractivity contribution >= 4 is 7.82 Å². The van der Waals surface area contributed by atoms with E-state index < -0.39 is 7.82 Å². The average molecular weight is 190 g/mol. The standard InChI is InChI=1S/C4H11O4P.ClH/c1-3-7-9(5,6)8-4-2;/h3-4H2,1-2H3,(H,5,6);1H/p-1. The van der Waals surface area contributed by atoms with E-state index in [0.717, 1.165) is 0 Å². The van der Waals surface area contributed by atoms with Gasteiger partial charge in [-0.15, -0.1) is 0 Å². The molecule has 0 rings (SSSR count). The molecule has 10 heavy (non-hydrogen) atoms. The Morgan fingerprint density at radius 3 is 1.80 bits per heavy atom. The zero-order chi connectivity index (χ0) is 7.33. The van der Waals surface area contributed by atoms with Crippen molar-refractivity contribution in [2.45, 2.75) is 13.8 Å². The third-order valence-electron chi connectivity index (χ3n) is 0.584. The van der Waals surface area contributed by atoms with Gasteiger partial charge in [0.15, 0.2) is 0 Å². The zero-order valence-electron chi connectivity index (χ0n) is 5.91. The second-order valence-corrected chi connectivity index (χ2v) is 2.76. The van der Waals surface area contributed by atoms with Gasteiger partial charge < -0.3 is 17.3 Å². The summed E-state index contributed by atoms with van der Waals surface area (Å²) in [6.07, 6.45) is 0. The average Bonchev–Trinajstić information content (AvgIpc) is 1.64. The molecule has 0 saturated heterocycles. The maximum absolute atomic E-state index is 10.5. The molecule has 0 fully saturated rings. The molecule has 0 radical (unpaired) electrons. The van der Waals surface area contributed by atoms with Crippen LogP contribution in [0.5, 0.6) is 0 Å². The molecule has 1 N–H and O–H groups in total. The van der Waals surface area contributed by atoms with E-state index in [2.05, 4.69) is 9.05 Å². The van der Waals surface area contributed by atoms with Crippen LogP contribution in [0.25, 0.3) is 0 Å². The Kier molecular flexibility index (Phi) is 7.99. The van der Waals surface area contributed by atoms with E-state index in [1.54, 1.807) is 13.8 Å². The largest absolute Gasteiger partial charge is 1.00 e. The lowest BCUT2D eigenvalue weighted by Crippen LogP contribution is -3.00. The fraction of sp³-hybridized carbons (Fsp3) is 1.00. The van der Waals surface area contributed by atoms with E-state index in [4.69, 9.17) is 4.89 Å². The fourth-order valence-corrected chi connectivity index (χ4v) is 1.09. The van der Waals surface area contributed by atoms with Crippen molar-refractivity contribution < 1.29 is 30.9 Å². The van der Waals surface area contributed by atoms with Crippen LogP contribution in [0, 0.1) is 0 Å². The van der Waals surface area contributed by atoms with Crippen molar-refractivity contribution in [2.24, 2.45) is 0 Å². The Bertz CT molecular complexity index is 108. The maximum Gasteiger partial charge on any atom is 0.472 e. The van der Waals surface area contributed by atoms with Gasteiger partial charge in [0.1, 0.15) is 0 Å². The third-order valence-corrected chi connectivity index (χ3v) is 1.75. The zero-order valence-corrected chi connectivity index (χ0v) is 7.56. The molecule has 0 unspecified atom stereocenters. The van der Waals surface area contributed by atoms with Gasteiger partial charge in [-0.2, -0.15) is 0 Å². The molecule has 0 aliphatic rings. The number of halogens is 1. The van der Waals surface area contributed by atoms with Crippen LogP contribution in [0.2, 0.25) is 0 Å². The van der Waals surface area contributed by atoms with Crippen LogP contribution < -0.4 is 12.4 Å². The third kappa shape index (κ3) is 6.52. The van der Waals surface area contributed by atoms with Crippen molar-refractivity contribution in [1.82, 2.24) is 0 Å². The SMILES string of the molecule is CCOP(=O)(O)OCC.[Cl-]. The fourth-order valence-electron chi connectivity index (χ4n) is 0.364. The van der Waals surface area contributed by atoms with Gasteiger partial charge in [-0.05, 0) is 13.8 Å². The molecule has 6 heteroatoms. The summed E-state index contributed by atoms with van der Waals surface area (Å²) in [6.45, 7) is 3.63. The molecule has 0 aromatic rings. The predicted molar refractivity (Wildman–Crippen MR) is 33.1 cm³/mol. The molecule has 0 heterocycles. The Hall–Kier alpha value is 0.400. The highest BCUT2D eigenvalue weighted by Crippen LogP contribution is 2.42. The highest BCUT2D eigenvalue weighted by atomic mass is 35.5. The molecule has 0 spiro atoms.